The maximum Gasteiger partial charge on any atom is 0.310 e. The van der Waals surface area contributed by atoms with E-state index in [0.29, 0.717) is 13.0 Å². The molecule has 0 aliphatic carbocycles. The van der Waals surface area contributed by atoms with Gasteiger partial charge in [-0.2, -0.15) is 0 Å². The smallest absolute Gasteiger partial charge is 0.310 e. The van der Waals surface area contributed by atoms with Gasteiger partial charge >= 0.3 is 5.97 Å². The predicted octanol–water partition coefficient (Wildman–Crippen LogP) is 2.11. The van der Waals surface area contributed by atoms with E-state index in [9.17, 15) is 4.79 Å². The Bertz CT molecular complexity index is 319. The van der Waals surface area contributed by atoms with Crippen LogP contribution in [0.4, 0.5) is 0 Å². The van der Waals surface area contributed by atoms with Crippen LogP contribution in [0.2, 0.25) is 0 Å². The molecule has 15 heavy (non-hydrogen) atoms. The summed E-state index contributed by atoms with van der Waals surface area (Å²) >= 11 is 0. The zero-order chi connectivity index (χ0) is 11.3. The van der Waals surface area contributed by atoms with Crippen molar-refractivity contribution < 1.29 is 9.90 Å². The number of carbonyl (C=O) groups is 1. The third-order valence-corrected chi connectivity index (χ3v) is 2.49. The molecule has 0 amide bonds. The maximum atomic E-state index is 11.0. The van der Waals surface area contributed by atoms with Gasteiger partial charge in [0.1, 0.15) is 0 Å². The van der Waals surface area contributed by atoms with Crippen LogP contribution in [0.1, 0.15) is 36.8 Å². The summed E-state index contributed by atoms with van der Waals surface area (Å²) in [5.41, 5.74) is 7.37. The van der Waals surface area contributed by atoms with E-state index < -0.39 is 5.97 Å². The second-order valence-electron chi connectivity index (χ2n) is 3.63. The Morgan fingerprint density at radius 1 is 1.40 bits per heavy atom. The molecule has 1 atom stereocenters. The number of benzene rings is 1. The highest BCUT2D eigenvalue weighted by molar-refractivity contribution is 5.76. The summed E-state index contributed by atoms with van der Waals surface area (Å²) in [6.45, 7) is 2.48. The molecule has 0 spiro atoms. The molecule has 0 saturated heterocycles. The Morgan fingerprint density at radius 2 is 2.00 bits per heavy atom. The van der Waals surface area contributed by atoms with Crippen molar-refractivity contribution in [1.29, 1.82) is 0 Å². The predicted molar refractivity (Wildman–Crippen MR) is 59.6 cm³/mol. The number of aliphatic carboxylic acids is 1. The molecule has 1 aromatic carbocycles. The molecule has 82 valence electrons. The Morgan fingerprint density at radius 3 is 2.40 bits per heavy atom. The van der Waals surface area contributed by atoms with E-state index in [1.54, 1.807) is 0 Å². The van der Waals surface area contributed by atoms with E-state index in [1.165, 1.54) is 0 Å². The lowest BCUT2D eigenvalue weighted by Crippen LogP contribution is -2.11. The first-order valence-corrected chi connectivity index (χ1v) is 5.20. The van der Waals surface area contributed by atoms with Crippen molar-refractivity contribution in [2.75, 3.05) is 0 Å². The maximum absolute atomic E-state index is 11.0. The summed E-state index contributed by atoms with van der Waals surface area (Å²) in [6, 6.07) is 7.50. The average Bonchev–Trinajstić information content (AvgIpc) is 2.26. The van der Waals surface area contributed by atoms with Crippen molar-refractivity contribution in [2.24, 2.45) is 5.73 Å². The highest BCUT2D eigenvalue weighted by atomic mass is 16.4. The molecule has 0 aliphatic rings. The number of hydrogen-bond donors (Lipinski definition) is 2. The van der Waals surface area contributed by atoms with Crippen LogP contribution in [0.5, 0.6) is 0 Å². The molecule has 3 N–H and O–H groups in total. The highest BCUT2D eigenvalue weighted by Crippen LogP contribution is 2.21. The van der Waals surface area contributed by atoms with Gasteiger partial charge in [-0.15, -0.1) is 0 Å². The van der Waals surface area contributed by atoms with Crippen LogP contribution < -0.4 is 5.73 Å². The molecule has 1 rings (SSSR count). The first-order chi connectivity index (χ1) is 7.19. The largest absolute Gasteiger partial charge is 0.481 e. The summed E-state index contributed by atoms with van der Waals surface area (Å²) in [5, 5.41) is 9.06. The molecule has 0 heterocycles. The van der Waals surface area contributed by atoms with Gasteiger partial charge in [0.25, 0.3) is 0 Å². The van der Waals surface area contributed by atoms with Crippen molar-refractivity contribution in [3.8, 4) is 0 Å². The molecular weight excluding hydrogens is 190 g/mol. The fourth-order valence-electron chi connectivity index (χ4n) is 1.61. The lowest BCUT2D eigenvalue weighted by Gasteiger charge is -2.11. The second kappa shape index (κ2) is 5.51. The molecule has 0 radical (unpaired) electrons. The number of carboxylic acids is 1. The first-order valence-electron chi connectivity index (χ1n) is 5.20. The van der Waals surface area contributed by atoms with Crippen LogP contribution in [-0.2, 0) is 11.3 Å². The highest BCUT2D eigenvalue weighted by Gasteiger charge is 2.18. The molecule has 0 bridgehead atoms. The van der Waals surface area contributed by atoms with E-state index in [2.05, 4.69) is 0 Å². The summed E-state index contributed by atoms with van der Waals surface area (Å²) in [4.78, 5) is 11.0. The standard InChI is InChI=1S/C12H17NO2/c1-2-3-11(12(14)15)10-6-4-9(8-13)5-7-10/h4-7,11H,2-3,8,13H2,1H3,(H,14,15). The molecule has 0 aliphatic heterocycles. The Kier molecular flexibility index (Phi) is 4.31. The summed E-state index contributed by atoms with van der Waals surface area (Å²) < 4.78 is 0. The van der Waals surface area contributed by atoms with Gasteiger partial charge in [0, 0.05) is 6.54 Å². The number of carboxylic acid groups (broad SMARTS) is 1. The molecule has 3 nitrogen and oxygen atoms in total. The molecule has 3 heteroatoms. The Hall–Kier alpha value is -1.35. The van der Waals surface area contributed by atoms with Gasteiger partial charge in [0.2, 0.25) is 0 Å². The molecule has 0 fully saturated rings. The minimum atomic E-state index is -0.752. The van der Waals surface area contributed by atoms with Crippen LogP contribution >= 0.6 is 0 Å². The van der Waals surface area contributed by atoms with Gasteiger partial charge in [-0.05, 0) is 17.5 Å². The van der Waals surface area contributed by atoms with Crippen LogP contribution in [-0.4, -0.2) is 11.1 Å². The van der Waals surface area contributed by atoms with E-state index in [0.717, 1.165) is 17.5 Å². The van der Waals surface area contributed by atoms with Crippen molar-refractivity contribution in [3.05, 3.63) is 35.4 Å². The minimum absolute atomic E-state index is 0.387. The summed E-state index contributed by atoms with van der Waals surface area (Å²) in [6.07, 6.45) is 1.55. The lowest BCUT2D eigenvalue weighted by molar-refractivity contribution is -0.139. The van der Waals surface area contributed by atoms with Crippen LogP contribution in [0.3, 0.4) is 0 Å². The van der Waals surface area contributed by atoms with Crippen LogP contribution in [0.15, 0.2) is 24.3 Å². The van der Waals surface area contributed by atoms with Gasteiger partial charge in [-0.1, -0.05) is 37.6 Å². The van der Waals surface area contributed by atoms with E-state index in [-0.39, 0.29) is 5.92 Å². The van der Waals surface area contributed by atoms with Gasteiger partial charge < -0.3 is 10.8 Å². The second-order valence-corrected chi connectivity index (χ2v) is 3.63. The van der Waals surface area contributed by atoms with Crippen molar-refractivity contribution >= 4 is 5.97 Å². The number of hydrogen-bond acceptors (Lipinski definition) is 2. The van der Waals surface area contributed by atoms with Gasteiger partial charge in [-0.3, -0.25) is 4.79 Å². The third kappa shape index (κ3) is 3.06. The molecule has 1 unspecified atom stereocenters. The van der Waals surface area contributed by atoms with Crippen molar-refractivity contribution in [1.82, 2.24) is 0 Å². The average molecular weight is 207 g/mol. The summed E-state index contributed by atoms with van der Waals surface area (Å²) in [5.74, 6) is -1.14. The number of rotatable bonds is 5. The van der Waals surface area contributed by atoms with Crippen molar-refractivity contribution in [3.63, 3.8) is 0 Å². The summed E-state index contributed by atoms with van der Waals surface area (Å²) in [7, 11) is 0. The topological polar surface area (TPSA) is 63.3 Å². The SMILES string of the molecule is CCCC(C(=O)O)c1ccc(CN)cc1. The lowest BCUT2D eigenvalue weighted by atomic mass is 9.94. The quantitative estimate of drug-likeness (QED) is 0.777. The van der Waals surface area contributed by atoms with E-state index in [4.69, 9.17) is 10.8 Å². The first kappa shape index (κ1) is 11.7. The third-order valence-electron chi connectivity index (χ3n) is 2.49. The van der Waals surface area contributed by atoms with Gasteiger partial charge in [0.15, 0.2) is 0 Å². The number of nitrogens with two attached hydrogens (primary N) is 1. The van der Waals surface area contributed by atoms with E-state index in [1.807, 2.05) is 31.2 Å². The molecular formula is C12H17NO2. The zero-order valence-corrected chi connectivity index (χ0v) is 8.94. The molecule has 0 saturated carbocycles. The fraction of sp³-hybridized carbons (Fsp3) is 0.417. The van der Waals surface area contributed by atoms with Crippen LogP contribution in [0, 0.1) is 0 Å². The normalized spacial score (nSPS) is 12.4. The van der Waals surface area contributed by atoms with E-state index >= 15 is 0 Å². The van der Waals surface area contributed by atoms with Crippen LogP contribution in [0.25, 0.3) is 0 Å². The Labute approximate surface area is 89.9 Å². The van der Waals surface area contributed by atoms with Crippen molar-refractivity contribution in [2.45, 2.75) is 32.2 Å². The Balaban J connectivity index is 2.86. The molecule has 1 aromatic rings. The fourth-order valence-corrected chi connectivity index (χ4v) is 1.61. The van der Waals surface area contributed by atoms with Gasteiger partial charge in [0.05, 0.1) is 5.92 Å². The minimum Gasteiger partial charge on any atom is -0.481 e. The van der Waals surface area contributed by atoms with Gasteiger partial charge in [-0.25, -0.2) is 0 Å². The zero-order valence-electron chi connectivity index (χ0n) is 8.94. The monoisotopic (exact) mass is 207 g/mol. The molecule has 0 aromatic heterocycles.